The molecule has 1 aromatic heterocycles. The van der Waals surface area contributed by atoms with Crippen molar-refractivity contribution in [3.63, 3.8) is 0 Å². The number of carbonyl (C=O) groups excluding carboxylic acids is 1. The van der Waals surface area contributed by atoms with Gasteiger partial charge in [-0.05, 0) is 24.6 Å². The van der Waals surface area contributed by atoms with Gasteiger partial charge in [0.15, 0.2) is 0 Å². The first-order chi connectivity index (χ1) is 9.04. The fourth-order valence-electron chi connectivity index (χ4n) is 1.60. The second-order valence-corrected chi connectivity index (χ2v) is 4.66. The Morgan fingerprint density at radius 2 is 2.16 bits per heavy atom. The summed E-state index contributed by atoms with van der Waals surface area (Å²) in [5, 5.41) is 11.0. The number of nitrogens with one attached hydrogen (secondary N) is 1. The number of carbonyl (C=O) groups is 1. The lowest BCUT2D eigenvalue weighted by molar-refractivity contribution is -0.116. The minimum atomic E-state index is -0.110. The van der Waals surface area contributed by atoms with Gasteiger partial charge in [-0.15, -0.1) is 10.2 Å². The van der Waals surface area contributed by atoms with Crippen LogP contribution in [0, 0.1) is 13.8 Å². The minimum Gasteiger partial charge on any atom is -0.426 e. The summed E-state index contributed by atoms with van der Waals surface area (Å²) in [4.78, 5) is 11.8. The van der Waals surface area contributed by atoms with E-state index >= 15 is 0 Å². The van der Waals surface area contributed by atoms with Crippen LogP contribution >= 0.6 is 11.6 Å². The predicted octanol–water partition coefficient (Wildman–Crippen LogP) is 2.91. The summed E-state index contributed by atoms with van der Waals surface area (Å²) in [6, 6.07) is 5.37. The first-order valence-corrected chi connectivity index (χ1v) is 6.27. The molecular formula is C13H14ClN3O2. The Bertz CT molecular complexity index is 595. The van der Waals surface area contributed by atoms with Gasteiger partial charge >= 0.3 is 0 Å². The SMILES string of the molecule is Cc1nnc(CCC(=O)Nc2cc(Cl)ccc2C)o1. The molecule has 1 N–H and O–H groups in total. The van der Waals surface area contributed by atoms with Gasteiger partial charge in [-0.1, -0.05) is 17.7 Å². The van der Waals surface area contributed by atoms with E-state index in [2.05, 4.69) is 15.5 Å². The van der Waals surface area contributed by atoms with Crippen LogP contribution < -0.4 is 5.32 Å². The Hall–Kier alpha value is -1.88. The third kappa shape index (κ3) is 3.79. The van der Waals surface area contributed by atoms with Gasteiger partial charge in [-0.2, -0.15) is 0 Å². The van der Waals surface area contributed by atoms with Gasteiger partial charge in [-0.3, -0.25) is 4.79 Å². The largest absolute Gasteiger partial charge is 0.426 e. The molecule has 0 radical (unpaired) electrons. The molecule has 0 aliphatic carbocycles. The molecule has 1 amide bonds. The molecule has 19 heavy (non-hydrogen) atoms. The van der Waals surface area contributed by atoms with E-state index < -0.39 is 0 Å². The molecule has 0 atom stereocenters. The standard InChI is InChI=1S/C13H14ClN3O2/c1-8-3-4-10(14)7-11(8)15-12(18)5-6-13-17-16-9(2)19-13/h3-4,7H,5-6H2,1-2H3,(H,15,18). The van der Waals surface area contributed by atoms with E-state index in [9.17, 15) is 4.79 Å². The molecule has 1 heterocycles. The van der Waals surface area contributed by atoms with Crippen molar-refractivity contribution >= 4 is 23.2 Å². The van der Waals surface area contributed by atoms with Gasteiger partial charge in [0, 0.05) is 30.5 Å². The third-order valence-electron chi connectivity index (χ3n) is 2.61. The van der Waals surface area contributed by atoms with Crippen LogP contribution in [0.25, 0.3) is 0 Å². The number of benzene rings is 1. The van der Waals surface area contributed by atoms with E-state index in [4.69, 9.17) is 16.0 Å². The van der Waals surface area contributed by atoms with Crippen LogP contribution in [0.4, 0.5) is 5.69 Å². The number of aryl methyl sites for hydroxylation is 3. The molecule has 0 spiro atoms. The van der Waals surface area contributed by atoms with E-state index in [1.54, 1.807) is 19.1 Å². The van der Waals surface area contributed by atoms with E-state index in [-0.39, 0.29) is 12.3 Å². The number of hydrogen-bond donors (Lipinski definition) is 1. The van der Waals surface area contributed by atoms with Crippen molar-refractivity contribution in [3.8, 4) is 0 Å². The summed E-state index contributed by atoms with van der Waals surface area (Å²) in [5.74, 6) is 0.859. The molecule has 2 aromatic rings. The molecule has 0 saturated heterocycles. The zero-order chi connectivity index (χ0) is 13.8. The summed E-state index contributed by atoms with van der Waals surface area (Å²) in [7, 11) is 0. The van der Waals surface area contributed by atoms with E-state index in [1.807, 2.05) is 13.0 Å². The third-order valence-corrected chi connectivity index (χ3v) is 2.84. The molecule has 0 aliphatic heterocycles. The van der Waals surface area contributed by atoms with Crippen molar-refractivity contribution in [1.82, 2.24) is 10.2 Å². The predicted molar refractivity (Wildman–Crippen MR) is 72.2 cm³/mol. The number of hydrogen-bond acceptors (Lipinski definition) is 4. The smallest absolute Gasteiger partial charge is 0.224 e. The summed E-state index contributed by atoms with van der Waals surface area (Å²) in [5.41, 5.74) is 1.69. The Kier molecular flexibility index (Phi) is 4.16. The second-order valence-electron chi connectivity index (χ2n) is 4.22. The average Bonchev–Trinajstić information content (AvgIpc) is 2.77. The fraction of sp³-hybridized carbons (Fsp3) is 0.308. The Morgan fingerprint density at radius 1 is 1.37 bits per heavy atom. The van der Waals surface area contributed by atoms with Crippen LogP contribution in [0.15, 0.2) is 22.6 Å². The lowest BCUT2D eigenvalue weighted by atomic mass is 10.2. The molecule has 0 fully saturated rings. The van der Waals surface area contributed by atoms with E-state index in [0.29, 0.717) is 23.2 Å². The van der Waals surface area contributed by atoms with Crippen molar-refractivity contribution in [2.75, 3.05) is 5.32 Å². The molecule has 2 rings (SSSR count). The van der Waals surface area contributed by atoms with Crippen molar-refractivity contribution in [3.05, 3.63) is 40.6 Å². The zero-order valence-electron chi connectivity index (χ0n) is 10.7. The average molecular weight is 280 g/mol. The highest BCUT2D eigenvalue weighted by atomic mass is 35.5. The van der Waals surface area contributed by atoms with Crippen LogP contribution in [0.2, 0.25) is 5.02 Å². The Morgan fingerprint density at radius 3 is 2.84 bits per heavy atom. The molecule has 0 aliphatic rings. The Balaban J connectivity index is 1.92. The maximum Gasteiger partial charge on any atom is 0.224 e. The number of amides is 1. The molecule has 100 valence electrons. The highest BCUT2D eigenvalue weighted by molar-refractivity contribution is 6.31. The van der Waals surface area contributed by atoms with Gasteiger partial charge in [0.05, 0.1) is 0 Å². The highest BCUT2D eigenvalue weighted by Gasteiger charge is 2.08. The molecular weight excluding hydrogens is 266 g/mol. The van der Waals surface area contributed by atoms with Gasteiger partial charge < -0.3 is 9.73 Å². The molecule has 0 unspecified atom stereocenters. The number of aromatic nitrogens is 2. The minimum absolute atomic E-state index is 0.110. The quantitative estimate of drug-likeness (QED) is 0.934. The molecule has 1 aromatic carbocycles. The van der Waals surface area contributed by atoms with Gasteiger partial charge in [0.25, 0.3) is 0 Å². The molecule has 0 saturated carbocycles. The van der Waals surface area contributed by atoms with Gasteiger partial charge in [0.1, 0.15) is 0 Å². The second kappa shape index (κ2) is 5.84. The zero-order valence-corrected chi connectivity index (χ0v) is 11.5. The number of halogens is 1. The van der Waals surface area contributed by atoms with Crippen molar-refractivity contribution in [2.45, 2.75) is 26.7 Å². The summed E-state index contributed by atoms with van der Waals surface area (Å²) >= 11 is 5.89. The van der Waals surface area contributed by atoms with Crippen LogP contribution in [-0.4, -0.2) is 16.1 Å². The Labute approximate surface area is 116 Å². The van der Waals surface area contributed by atoms with Crippen molar-refractivity contribution in [1.29, 1.82) is 0 Å². The van der Waals surface area contributed by atoms with Crippen molar-refractivity contribution < 1.29 is 9.21 Å². The number of rotatable bonds is 4. The summed E-state index contributed by atoms with van der Waals surface area (Å²) in [6.07, 6.45) is 0.708. The van der Waals surface area contributed by atoms with Crippen LogP contribution in [0.3, 0.4) is 0 Å². The summed E-state index contributed by atoms with van der Waals surface area (Å²) < 4.78 is 5.20. The normalized spacial score (nSPS) is 10.5. The van der Waals surface area contributed by atoms with Crippen LogP contribution in [0.5, 0.6) is 0 Å². The van der Waals surface area contributed by atoms with Crippen LogP contribution in [0.1, 0.15) is 23.8 Å². The lowest BCUT2D eigenvalue weighted by Gasteiger charge is -2.08. The van der Waals surface area contributed by atoms with E-state index in [0.717, 1.165) is 11.3 Å². The topological polar surface area (TPSA) is 68.0 Å². The summed E-state index contributed by atoms with van der Waals surface area (Å²) in [6.45, 7) is 3.62. The molecule has 5 nitrogen and oxygen atoms in total. The maximum atomic E-state index is 11.8. The molecule has 0 bridgehead atoms. The highest BCUT2D eigenvalue weighted by Crippen LogP contribution is 2.20. The van der Waals surface area contributed by atoms with Crippen LogP contribution in [-0.2, 0) is 11.2 Å². The lowest BCUT2D eigenvalue weighted by Crippen LogP contribution is -2.13. The van der Waals surface area contributed by atoms with E-state index in [1.165, 1.54) is 0 Å². The first-order valence-electron chi connectivity index (χ1n) is 5.89. The molecule has 6 heteroatoms. The monoisotopic (exact) mass is 279 g/mol. The van der Waals surface area contributed by atoms with Gasteiger partial charge in [0.2, 0.25) is 17.7 Å². The number of anilines is 1. The fourth-order valence-corrected chi connectivity index (χ4v) is 1.77. The van der Waals surface area contributed by atoms with Crippen molar-refractivity contribution in [2.24, 2.45) is 0 Å². The first kappa shape index (κ1) is 13.5. The van der Waals surface area contributed by atoms with Gasteiger partial charge in [-0.25, -0.2) is 0 Å². The maximum absolute atomic E-state index is 11.8. The number of nitrogens with zero attached hydrogens (tertiary/aromatic N) is 2.